The summed E-state index contributed by atoms with van der Waals surface area (Å²) < 4.78 is 5.26. The summed E-state index contributed by atoms with van der Waals surface area (Å²) in [7, 11) is 1.71. The van der Waals surface area contributed by atoms with Gasteiger partial charge < -0.3 is 4.74 Å². The first-order valence-corrected chi connectivity index (χ1v) is 5.21. The van der Waals surface area contributed by atoms with Crippen LogP contribution in [0.25, 0.3) is 0 Å². The second kappa shape index (κ2) is 5.18. The fourth-order valence-electron chi connectivity index (χ4n) is 1.37. The number of benzene rings is 1. The number of hydrogen-bond donors (Lipinski definition) is 1. The predicted octanol–water partition coefficient (Wildman–Crippen LogP) is 2.73. The molecule has 1 aromatic carbocycles. The van der Waals surface area contributed by atoms with Gasteiger partial charge in [-0.05, 0) is 35.8 Å². The van der Waals surface area contributed by atoms with Crippen molar-refractivity contribution in [1.82, 2.24) is 0 Å². The molecular weight excluding hydrogens is 180 g/mol. The average molecular weight is 196 g/mol. The highest BCUT2D eigenvalue weighted by Crippen LogP contribution is 2.20. The van der Waals surface area contributed by atoms with E-state index in [0.29, 0.717) is 0 Å². The van der Waals surface area contributed by atoms with Gasteiger partial charge in [0.1, 0.15) is 5.75 Å². The van der Waals surface area contributed by atoms with Crippen molar-refractivity contribution in [3.05, 3.63) is 29.3 Å². The molecule has 0 saturated carbocycles. The van der Waals surface area contributed by atoms with Crippen LogP contribution in [-0.2, 0) is 12.8 Å². The van der Waals surface area contributed by atoms with Crippen LogP contribution in [0.5, 0.6) is 5.75 Å². The molecule has 0 aromatic heterocycles. The van der Waals surface area contributed by atoms with Crippen LogP contribution in [0.2, 0.25) is 0 Å². The number of aryl methyl sites for hydroxylation is 2. The lowest BCUT2D eigenvalue weighted by Gasteiger charge is -2.08. The van der Waals surface area contributed by atoms with E-state index in [1.54, 1.807) is 7.11 Å². The number of rotatable bonds is 4. The highest BCUT2D eigenvalue weighted by molar-refractivity contribution is 7.80. The molecule has 72 valence electrons. The Bertz CT molecular complexity index is 271. The third kappa shape index (κ3) is 2.66. The summed E-state index contributed by atoms with van der Waals surface area (Å²) in [4.78, 5) is 0. The van der Waals surface area contributed by atoms with E-state index in [2.05, 4.69) is 31.7 Å². The zero-order valence-corrected chi connectivity index (χ0v) is 9.10. The molecule has 1 aromatic rings. The predicted molar refractivity (Wildman–Crippen MR) is 59.9 cm³/mol. The second-order valence-electron chi connectivity index (χ2n) is 2.97. The van der Waals surface area contributed by atoms with Gasteiger partial charge in [-0.3, -0.25) is 0 Å². The zero-order chi connectivity index (χ0) is 9.68. The number of methoxy groups -OCH3 is 1. The molecule has 13 heavy (non-hydrogen) atoms. The molecule has 0 atom stereocenters. The summed E-state index contributed by atoms with van der Waals surface area (Å²) >= 11 is 4.23. The Morgan fingerprint density at radius 2 is 2.15 bits per heavy atom. The van der Waals surface area contributed by atoms with Crippen LogP contribution < -0.4 is 4.74 Å². The van der Waals surface area contributed by atoms with Gasteiger partial charge in [0.2, 0.25) is 0 Å². The molecule has 0 bridgehead atoms. The molecule has 0 heterocycles. The van der Waals surface area contributed by atoms with Crippen molar-refractivity contribution in [1.29, 1.82) is 0 Å². The Labute approximate surface area is 85.5 Å². The third-order valence-electron chi connectivity index (χ3n) is 2.13. The highest BCUT2D eigenvalue weighted by Gasteiger charge is 2.02. The maximum absolute atomic E-state index is 5.26. The van der Waals surface area contributed by atoms with E-state index in [1.165, 1.54) is 11.1 Å². The van der Waals surface area contributed by atoms with Gasteiger partial charge in [-0.2, -0.15) is 12.6 Å². The smallest absolute Gasteiger partial charge is 0.122 e. The zero-order valence-electron chi connectivity index (χ0n) is 8.21. The van der Waals surface area contributed by atoms with E-state index >= 15 is 0 Å². The molecule has 0 fully saturated rings. The van der Waals surface area contributed by atoms with E-state index in [0.717, 1.165) is 24.3 Å². The van der Waals surface area contributed by atoms with E-state index in [4.69, 9.17) is 4.74 Å². The van der Waals surface area contributed by atoms with Gasteiger partial charge in [0, 0.05) is 0 Å². The van der Waals surface area contributed by atoms with Gasteiger partial charge in [0.05, 0.1) is 7.11 Å². The molecule has 0 aliphatic carbocycles. The lowest BCUT2D eigenvalue weighted by atomic mass is 10.1. The van der Waals surface area contributed by atoms with Crippen molar-refractivity contribution in [2.45, 2.75) is 19.8 Å². The van der Waals surface area contributed by atoms with Crippen LogP contribution in [-0.4, -0.2) is 12.9 Å². The monoisotopic (exact) mass is 196 g/mol. The normalized spacial score (nSPS) is 10.1. The molecule has 0 aliphatic rings. The van der Waals surface area contributed by atoms with Crippen LogP contribution >= 0.6 is 12.6 Å². The first-order chi connectivity index (χ1) is 6.31. The quantitative estimate of drug-likeness (QED) is 0.728. The maximum atomic E-state index is 5.26. The van der Waals surface area contributed by atoms with Crippen LogP contribution in [0, 0.1) is 0 Å². The third-order valence-corrected chi connectivity index (χ3v) is 2.36. The Morgan fingerprint density at radius 1 is 1.38 bits per heavy atom. The fourth-order valence-corrected chi connectivity index (χ4v) is 1.61. The minimum Gasteiger partial charge on any atom is -0.496 e. The van der Waals surface area contributed by atoms with Gasteiger partial charge in [-0.1, -0.05) is 19.1 Å². The second-order valence-corrected chi connectivity index (χ2v) is 3.42. The molecule has 0 aliphatic heterocycles. The molecule has 2 heteroatoms. The molecule has 0 amide bonds. The van der Waals surface area contributed by atoms with Gasteiger partial charge in [-0.15, -0.1) is 0 Å². The van der Waals surface area contributed by atoms with Crippen molar-refractivity contribution >= 4 is 12.6 Å². The van der Waals surface area contributed by atoms with Crippen molar-refractivity contribution < 1.29 is 4.74 Å². The lowest BCUT2D eigenvalue weighted by Crippen LogP contribution is -1.94. The Morgan fingerprint density at radius 3 is 2.69 bits per heavy atom. The first-order valence-electron chi connectivity index (χ1n) is 4.58. The molecule has 1 rings (SSSR count). The Balaban J connectivity index is 2.95. The first kappa shape index (κ1) is 10.5. The summed E-state index contributed by atoms with van der Waals surface area (Å²) in [6.45, 7) is 2.16. The topological polar surface area (TPSA) is 9.23 Å². The number of hydrogen-bond acceptors (Lipinski definition) is 2. The van der Waals surface area contributed by atoms with Crippen LogP contribution in [0.4, 0.5) is 0 Å². The summed E-state index contributed by atoms with van der Waals surface area (Å²) in [5.74, 6) is 1.84. The largest absolute Gasteiger partial charge is 0.496 e. The standard InChI is InChI=1S/C11H16OS/c1-3-9-4-5-11(12-2)10(8-9)6-7-13/h4-5,8,13H,3,6-7H2,1-2H3. The lowest BCUT2D eigenvalue weighted by molar-refractivity contribution is 0.410. The minimum atomic E-state index is 0.865. The molecule has 0 saturated heterocycles. The summed E-state index contributed by atoms with van der Waals surface area (Å²) in [6.07, 6.45) is 2.05. The summed E-state index contributed by atoms with van der Waals surface area (Å²) in [5.41, 5.74) is 2.62. The fraction of sp³-hybridized carbons (Fsp3) is 0.455. The van der Waals surface area contributed by atoms with Crippen molar-refractivity contribution in [3.63, 3.8) is 0 Å². The molecule has 1 nitrogen and oxygen atoms in total. The van der Waals surface area contributed by atoms with Crippen LogP contribution in [0.3, 0.4) is 0 Å². The Kier molecular flexibility index (Phi) is 4.16. The molecule has 0 spiro atoms. The van der Waals surface area contributed by atoms with Gasteiger partial charge >= 0.3 is 0 Å². The van der Waals surface area contributed by atoms with Crippen molar-refractivity contribution in [2.75, 3.05) is 12.9 Å². The highest BCUT2D eigenvalue weighted by atomic mass is 32.1. The summed E-state index contributed by atoms with van der Waals surface area (Å²) in [6, 6.07) is 6.35. The molecular formula is C11H16OS. The maximum Gasteiger partial charge on any atom is 0.122 e. The molecule has 0 N–H and O–H groups in total. The number of thiol groups is 1. The van der Waals surface area contributed by atoms with Crippen molar-refractivity contribution in [3.8, 4) is 5.75 Å². The summed E-state index contributed by atoms with van der Waals surface area (Å²) in [5, 5.41) is 0. The van der Waals surface area contributed by atoms with Gasteiger partial charge in [0.15, 0.2) is 0 Å². The minimum absolute atomic E-state index is 0.865. The SMILES string of the molecule is CCc1ccc(OC)c(CCS)c1. The Hall–Kier alpha value is -0.630. The van der Waals surface area contributed by atoms with Crippen LogP contribution in [0.15, 0.2) is 18.2 Å². The number of ether oxygens (including phenoxy) is 1. The van der Waals surface area contributed by atoms with E-state index in [-0.39, 0.29) is 0 Å². The average Bonchev–Trinajstić information content (AvgIpc) is 2.18. The van der Waals surface area contributed by atoms with E-state index in [1.807, 2.05) is 6.07 Å². The van der Waals surface area contributed by atoms with Crippen LogP contribution in [0.1, 0.15) is 18.1 Å². The van der Waals surface area contributed by atoms with E-state index < -0.39 is 0 Å². The van der Waals surface area contributed by atoms with E-state index in [9.17, 15) is 0 Å². The molecule has 0 radical (unpaired) electrons. The van der Waals surface area contributed by atoms with Gasteiger partial charge in [0.25, 0.3) is 0 Å². The van der Waals surface area contributed by atoms with Gasteiger partial charge in [-0.25, -0.2) is 0 Å². The molecule has 0 unspecified atom stereocenters. The van der Waals surface area contributed by atoms with Crippen molar-refractivity contribution in [2.24, 2.45) is 0 Å².